The lowest BCUT2D eigenvalue weighted by Gasteiger charge is -2.42. The van der Waals surface area contributed by atoms with E-state index in [1.54, 1.807) is 30.1 Å². The Morgan fingerprint density at radius 3 is 2.42 bits per heavy atom. The number of carbonyl (C=O) groups excluding carboxylic acids is 1. The number of halogens is 4. The summed E-state index contributed by atoms with van der Waals surface area (Å²) in [6, 6.07) is 5.03. The lowest BCUT2D eigenvalue weighted by molar-refractivity contribution is -0.140. The van der Waals surface area contributed by atoms with Crippen LogP contribution in [0.2, 0.25) is 0 Å². The summed E-state index contributed by atoms with van der Waals surface area (Å²) < 4.78 is 46.8. The minimum Gasteiger partial charge on any atom is -0.362 e. The highest BCUT2D eigenvalue weighted by atomic mass is 35.5. The third kappa shape index (κ3) is 7.14. The molecule has 8 heteroatoms. The minimum atomic E-state index is -4.54. The summed E-state index contributed by atoms with van der Waals surface area (Å²) in [5.41, 5.74) is -0.871. The highest BCUT2D eigenvalue weighted by Crippen LogP contribution is 2.39. The van der Waals surface area contributed by atoms with Crippen molar-refractivity contribution in [3.05, 3.63) is 70.8 Å². The first-order chi connectivity index (χ1) is 14.3. The molecule has 0 radical (unpaired) electrons. The van der Waals surface area contributed by atoms with Crippen LogP contribution in [0.1, 0.15) is 44.9 Å². The fourth-order valence-corrected chi connectivity index (χ4v) is 3.06. The minimum absolute atomic E-state index is 0.0288. The SMILES string of the molecule is C=C(/C=C\C(Cl)=C/C)[C@@H](OC1CN(C(=O)NC(C)(C)C)C1)c1ccccc1C(F)(F)F. The van der Waals surface area contributed by atoms with Gasteiger partial charge in [0.2, 0.25) is 0 Å². The van der Waals surface area contributed by atoms with Crippen molar-refractivity contribution in [3.8, 4) is 0 Å². The molecule has 1 atom stereocenters. The van der Waals surface area contributed by atoms with Gasteiger partial charge in [-0.05, 0) is 51.0 Å². The van der Waals surface area contributed by atoms with E-state index < -0.39 is 23.9 Å². The molecule has 1 fully saturated rings. The zero-order chi connectivity index (χ0) is 23.4. The molecule has 1 saturated heterocycles. The molecule has 0 unspecified atom stereocenters. The maximum Gasteiger partial charge on any atom is 0.416 e. The van der Waals surface area contributed by atoms with Gasteiger partial charge in [0.05, 0.1) is 24.8 Å². The van der Waals surface area contributed by atoms with Crippen LogP contribution in [0.4, 0.5) is 18.0 Å². The lowest BCUT2D eigenvalue weighted by atomic mass is 9.96. The summed E-state index contributed by atoms with van der Waals surface area (Å²) in [5.74, 6) is 0. The Balaban J connectivity index is 2.23. The van der Waals surface area contributed by atoms with E-state index in [1.807, 2.05) is 20.8 Å². The Kier molecular flexibility index (Phi) is 8.00. The van der Waals surface area contributed by atoms with E-state index in [2.05, 4.69) is 11.9 Å². The predicted octanol–water partition coefficient (Wildman–Crippen LogP) is 6.21. The number of nitrogens with zero attached hydrogens (tertiary/aromatic N) is 1. The van der Waals surface area contributed by atoms with Crippen molar-refractivity contribution < 1.29 is 22.7 Å². The smallest absolute Gasteiger partial charge is 0.362 e. The summed E-state index contributed by atoms with van der Waals surface area (Å²) in [5, 5.41) is 3.28. The van der Waals surface area contributed by atoms with Gasteiger partial charge in [0.15, 0.2) is 0 Å². The second kappa shape index (κ2) is 9.92. The van der Waals surface area contributed by atoms with Gasteiger partial charge in [0.25, 0.3) is 0 Å². The van der Waals surface area contributed by atoms with Crippen LogP contribution in [0.5, 0.6) is 0 Å². The molecule has 0 bridgehead atoms. The summed E-state index contributed by atoms with van der Waals surface area (Å²) >= 11 is 5.98. The zero-order valence-electron chi connectivity index (χ0n) is 18.1. The van der Waals surface area contributed by atoms with E-state index in [1.165, 1.54) is 18.2 Å². The predicted molar refractivity (Wildman–Crippen MR) is 117 cm³/mol. The standard InChI is InChI=1S/C23H28ClF3N2O2/c1-6-16(24)12-11-15(2)20(18-9-7-8-10-19(18)23(25,26)27)31-17-13-29(14-17)21(30)28-22(3,4)5/h6-12,17,20H,2,13-14H2,1,3-5H3,(H,28,30)/b12-11-,16-6+/t20-/m1/s1. The van der Waals surface area contributed by atoms with Gasteiger partial charge in [0.1, 0.15) is 6.10 Å². The third-order valence-electron chi connectivity index (χ3n) is 4.56. The van der Waals surface area contributed by atoms with Crippen molar-refractivity contribution in [2.24, 2.45) is 0 Å². The first kappa shape index (κ1) is 25.0. The van der Waals surface area contributed by atoms with Crippen molar-refractivity contribution in [1.29, 1.82) is 0 Å². The highest BCUT2D eigenvalue weighted by molar-refractivity contribution is 6.31. The van der Waals surface area contributed by atoms with E-state index in [4.69, 9.17) is 16.3 Å². The molecule has 1 aliphatic heterocycles. The van der Waals surface area contributed by atoms with E-state index in [-0.39, 0.29) is 30.2 Å². The van der Waals surface area contributed by atoms with E-state index in [0.717, 1.165) is 6.07 Å². The lowest BCUT2D eigenvalue weighted by Crippen LogP contribution is -2.60. The highest BCUT2D eigenvalue weighted by Gasteiger charge is 2.39. The Labute approximate surface area is 186 Å². The number of ether oxygens (including phenoxy) is 1. The largest absolute Gasteiger partial charge is 0.416 e. The molecule has 0 aliphatic carbocycles. The number of nitrogens with one attached hydrogen (secondary N) is 1. The van der Waals surface area contributed by atoms with Crippen LogP contribution in [0.3, 0.4) is 0 Å². The van der Waals surface area contributed by atoms with Crippen molar-refractivity contribution in [2.75, 3.05) is 13.1 Å². The van der Waals surface area contributed by atoms with Crippen LogP contribution < -0.4 is 5.32 Å². The maximum atomic E-state index is 13.6. The topological polar surface area (TPSA) is 41.6 Å². The number of allylic oxidation sites excluding steroid dienone is 3. The molecule has 1 aromatic carbocycles. The Morgan fingerprint density at radius 2 is 1.87 bits per heavy atom. The summed E-state index contributed by atoms with van der Waals surface area (Å²) in [6.45, 7) is 11.8. The molecule has 0 spiro atoms. The number of amides is 2. The number of likely N-dealkylation sites (tertiary alicyclic amines) is 1. The first-order valence-electron chi connectivity index (χ1n) is 9.89. The van der Waals surface area contributed by atoms with Gasteiger partial charge in [0, 0.05) is 10.6 Å². The Bertz CT molecular complexity index is 866. The summed E-state index contributed by atoms with van der Waals surface area (Å²) in [6.07, 6.45) is -1.24. The maximum absolute atomic E-state index is 13.6. The normalized spacial score (nSPS) is 16.9. The van der Waals surface area contributed by atoms with E-state index in [0.29, 0.717) is 10.6 Å². The quantitative estimate of drug-likeness (QED) is 0.517. The molecule has 1 N–H and O–H groups in total. The molecule has 0 saturated carbocycles. The fraction of sp³-hybridized carbons (Fsp3) is 0.435. The van der Waals surface area contributed by atoms with Crippen molar-refractivity contribution in [2.45, 2.75) is 51.6 Å². The average Bonchev–Trinajstić information content (AvgIpc) is 2.62. The fourth-order valence-electron chi connectivity index (χ4n) is 3.00. The molecule has 2 amide bonds. The van der Waals surface area contributed by atoms with Crippen LogP contribution in [0, 0.1) is 0 Å². The van der Waals surface area contributed by atoms with Crippen LogP contribution in [-0.2, 0) is 10.9 Å². The van der Waals surface area contributed by atoms with E-state index in [9.17, 15) is 18.0 Å². The molecule has 1 aliphatic rings. The number of hydrogen-bond acceptors (Lipinski definition) is 2. The average molecular weight is 457 g/mol. The monoisotopic (exact) mass is 456 g/mol. The van der Waals surface area contributed by atoms with Gasteiger partial charge >= 0.3 is 12.2 Å². The van der Waals surface area contributed by atoms with Gasteiger partial charge < -0.3 is 15.0 Å². The second-order valence-electron chi connectivity index (χ2n) is 8.39. The van der Waals surface area contributed by atoms with Crippen LogP contribution in [0.15, 0.2) is 59.7 Å². The van der Waals surface area contributed by atoms with Crippen LogP contribution in [-0.4, -0.2) is 35.7 Å². The number of benzene rings is 1. The summed E-state index contributed by atoms with van der Waals surface area (Å²) in [7, 11) is 0. The molecule has 170 valence electrons. The number of urea groups is 1. The molecular weight excluding hydrogens is 429 g/mol. The Hall–Kier alpha value is -2.25. The molecule has 31 heavy (non-hydrogen) atoms. The number of carbonyl (C=O) groups is 1. The molecule has 2 rings (SSSR count). The van der Waals surface area contributed by atoms with Crippen molar-refractivity contribution in [1.82, 2.24) is 10.2 Å². The van der Waals surface area contributed by atoms with Crippen molar-refractivity contribution in [3.63, 3.8) is 0 Å². The second-order valence-corrected chi connectivity index (χ2v) is 8.83. The third-order valence-corrected chi connectivity index (χ3v) is 4.91. The van der Waals surface area contributed by atoms with Gasteiger partial charge in [-0.25, -0.2) is 4.79 Å². The summed E-state index contributed by atoms with van der Waals surface area (Å²) in [4.78, 5) is 13.8. The van der Waals surface area contributed by atoms with Gasteiger partial charge in [-0.3, -0.25) is 0 Å². The number of hydrogen-bond donors (Lipinski definition) is 1. The Morgan fingerprint density at radius 1 is 1.26 bits per heavy atom. The van der Waals surface area contributed by atoms with Crippen molar-refractivity contribution >= 4 is 17.6 Å². The van der Waals surface area contributed by atoms with Crippen LogP contribution >= 0.6 is 11.6 Å². The zero-order valence-corrected chi connectivity index (χ0v) is 18.8. The van der Waals surface area contributed by atoms with E-state index >= 15 is 0 Å². The van der Waals surface area contributed by atoms with Gasteiger partial charge in [-0.1, -0.05) is 48.5 Å². The first-order valence-corrected chi connectivity index (χ1v) is 10.3. The number of alkyl halides is 3. The molecule has 0 aromatic heterocycles. The number of rotatable bonds is 6. The molecule has 4 nitrogen and oxygen atoms in total. The molecule has 1 aromatic rings. The van der Waals surface area contributed by atoms with Gasteiger partial charge in [-0.2, -0.15) is 13.2 Å². The molecule has 1 heterocycles. The molecular formula is C23H28ClF3N2O2. The van der Waals surface area contributed by atoms with Crippen LogP contribution in [0.25, 0.3) is 0 Å². The van der Waals surface area contributed by atoms with Gasteiger partial charge in [-0.15, -0.1) is 0 Å².